The van der Waals surface area contributed by atoms with Crippen LogP contribution in [0.2, 0.25) is 0 Å². The van der Waals surface area contributed by atoms with Gasteiger partial charge >= 0.3 is 7.75 Å². The standard InChI is InChI=1S/C10H24NO3P/c1-9(2,3)13-15(12,11(7)8)14-10(4,5)6/h1-8H3. The van der Waals surface area contributed by atoms with Gasteiger partial charge in [-0.05, 0) is 55.6 Å². The molecule has 0 radical (unpaired) electrons. The van der Waals surface area contributed by atoms with Crippen LogP contribution in [0.1, 0.15) is 41.5 Å². The van der Waals surface area contributed by atoms with E-state index < -0.39 is 18.9 Å². The lowest BCUT2D eigenvalue weighted by Crippen LogP contribution is -2.29. The third-order valence-corrected chi connectivity index (χ3v) is 3.81. The Morgan fingerprint density at radius 3 is 1.27 bits per heavy atom. The lowest BCUT2D eigenvalue weighted by Gasteiger charge is -2.34. The minimum absolute atomic E-state index is 0.495. The first kappa shape index (κ1) is 15.1. The summed E-state index contributed by atoms with van der Waals surface area (Å²) in [4.78, 5) is 0. The molecule has 0 aromatic rings. The summed E-state index contributed by atoms with van der Waals surface area (Å²) in [5.41, 5.74) is -0.990. The van der Waals surface area contributed by atoms with E-state index >= 15 is 0 Å². The zero-order chi connectivity index (χ0) is 12.5. The van der Waals surface area contributed by atoms with Gasteiger partial charge in [0.15, 0.2) is 0 Å². The minimum atomic E-state index is -3.20. The van der Waals surface area contributed by atoms with E-state index in [0.717, 1.165) is 0 Å². The van der Waals surface area contributed by atoms with Crippen molar-refractivity contribution in [1.82, 2.24) is 4.67 Å². The highest BCUT2D eigenvalue weighted by Gasteiger charge is 2.37. The minimum Gasteiger partial charge on any atom is -0.291 e. The molecule has 0 rings (SSSR count). The molecule has 0 aromatic carbocycles. The van der Waals surface area contributed by atoms with Gasteiger partial charge in [-0.25, -0.2) is 9.24 Å². The van der Waals surface area contributed by atoms with Gasteiger partial charge in [-0.3, -0.25) is 9.05 Å². The molecule has 0 unspecified atom stereocenters. The summed E-state index contributed by atoms with van der Waals surface area (Å²) in [5, 5.41) is 0. The van der Waals surface area contributed by atoms with Gasteiger partial charge in [-0.1, -0.05) is 0 Å². The Balaban J connectivity index is 4.86. The summed E-state index contributed by atoms with van der Waals surface area (Å²) < 4.78 is 25.0. The van der Waals surface area contributed by atoms with Gasteiger partial charge in [-0.2, -0.15) is 0 Å². The molecule has 0 saturated heterocycles. The van der Waals surface area contributed by atoms with Crippen LogP contribution in [0.25, 0.3) is 0 Å². The first-order valence-corrected chi connectivity index (χ1v) is 6.55. The molecule has 0 spiro atoms. The maximum Gasteiger partial charge on any atom is 0.408 e. The first-order chi connectivity index (χ1) is 6.36. The maximum atomic E-state index is 12.4. The average molecular weight is 237 g/mol. The Hall–Kier alpha value is 0.110. The predicted octanol–water partition coefficient (Wildman–Crippen LogP) is 3.29. The highest BCUT2D eigenvalue weighted by Crippen LogP contribution is 2.55. The Kier molecular flexibility index (Phi) is 4.57. The van der Waals surface area contributed by atoms with Crippen LogP contribution in [0, 0.1) is 0 Å². The normalized spacial score (nSPS) is 14.7. The van der Waals surface area contributed by atoms with Crippen LogP contribution in [0.3, 0.4) is 0 Å². The molecular weight excluding hydrogens is 213 g/mol. The third kappa shape index (κ3) is 6.31. The summed E-state index contributed by atoms with van der Waals surface area (Å²) in [7, 11) is 0.184. The van der Waals surface area contributed by atoms with E-state index in [2.05, 4.69) is 0 Å². The van der Waals surface area contributed by atoms with Crippen LogP contribution in [0.4, 0.5) is 0 Å². The van der Waals surface area contributed by atoms with Crippen molar-refractivity contribution in [2.45, 2.75) is 52.7 Å². The van der Waals surface area contributed by atoms with E-state index in [1.807, 2.05) is 41.5 Å². The van der Waals surface area contributed by atoms with E-state index in [1.54, 1.807) is 14.1 Å². The van der Waals surface area contributed by atoms with E-state index in [9.17, 15) is 4.57 Å². The summed E-state index contributed by atoms with van der Waals surface area (Å²) in [6, 6.07) is 0. The smallest absolute Gasteiger partial charge is 0.291 e. The summed E-state index contributed by atoms with van der Waals surface area (Å²) in [6.07, 6.45) is 0. The van der Waals surface area contributed by atoms with Crippen molar-refractivity contribution >= 4 is 7.75 Å². The number of nitrogens with zero attached hydrogens (tertiary/aromatic N) is 1. The molecule has 0 aliphatic heterocycles. The van der Waals surface area contributed by atoms with Crippen LogP contribution in [0.5, 0.6) is 0 Å². The van der Waals surface area contributed by atoms with Crippen LogP contribution in [-0.4, -0.2) is 30.0 Å². The summed E-state index contributed by atoms with van der Waals surface area (Å²) in [5.74, 6) is 0. The first-order valence-electron chi connectivity index (χ1n) is 5.05. The van der Waals surface area contributed by atoms with Gasteiger partial charge in [0.2, 0.25) is 0 Å². The predicted molar refractivity (Wildman–Crippen MR) is 63.0 cm³/mol. The zero-order valence-corrected chi connectivity index (χ0v) is 12.0. The Morgan fingerprint density at radius 2 is 1.13 bits per heavy atom. The molecule has 0 aliphatic carbocycles. The van der Waals surface area contributed by atoms with Crippen LogP contribution in [-0.2, 0) is 13.6 Å². The fourth-order valence-corrected chi connectivity index (χ4v) is 2.62. The van der Waals surface area contributed by atoms with Gasteiger partial charge in [0, 0.05) is 0 Å². The Labute approximate surface area is 93.5 Å². The molecule has 0 aromatic heterocycles. The fourth-order valence-electron chi connectivity index (χ4n) is 0.874. The SMILES string of the molecule is CN(C)P(=O)(OC(C)(C)C)OC(C)(C)C. The topological polar surface area (TPSA) is 38.8 Å². The van der Waals surface area contributed by atoms with Crippen molar-refractivity contribution in [3.63, 3.8) is 0 Å². The quantitative estimate of drug-likeness (QED) is 0.706. The van der Waals surface area contributed by atoms with Gasteiger partial charge in [0.1, 0.15) is 0 Å². The van der Waals surface area contributed by atoms with Crippen LogP contribution < -0.4 is 0 Å². The van der Waals surface area contributed by atoms with Gasteiger partial charge < -0.3 is 0 Å². The highest BCUT2D eigenvalue weighted by molar-refractivity contribution is 7.51. The Morgan fingerprint density at radius 1 is 0.867 bits per heavy atom. The Bertz CT molecular complexity index is 230. The van der Waals surface area contributed by atoms with E-state index in [0.29, 0.717) is 0 Å². The van der Waals surface area contributed by atoms with Crippen LogP contribution in [0.15, 0.2) is 0 Å². The lowest BCUT2D eigenvalue weighted by molar-refractivity contribution is 0.0314. The van der Waals surface area contributed by atoms with Crippen molar-refractivity contribution in [1.29, 1.82) is 0 Å². The molecule has 15 heavy (non-hydrogen) atoms. The van der Waals surface area contributed by atoms with Gasteiger partial charge in [-0.15, -0.1) is 0 Å². The highest BCUT2D eigenvalue weighted by atomic mass is 31.2. The second-order valence-corrected chi connectivity index (χ2v) is 7.83. The van der Waals surface area contributed by atoms with E-state index in [1.165, 1.54) is 4.67 Å². The maximum absolute atomic E-state index is 12.4. The molecule has 0 saturated carbocycles. The average Bonchev–Trinajstić information content (AvgIpc) is 1.75. The monoisotopic (exact) mass is 237 g/mol. The molecule has 4 nitrogen and oxygen atoms in total. The summed E-state index contributed by atoms with van der Waals surface area (Å²) >= 11 is 0. The third-order valence-electron chi connectivity index (χ3n) is 1.27. The van der Waals surface area contributed by atoms with Crippen LogP contribution >= 0.6 is 7.75 Å². The largest absolute Gasteiger partial charge is 0.408 e. The van der Waals surface area contributed by atoms with Crippen molar-refractivity contribution in [2.24, 2.45) is 0 Å². The summed E-state index contributed by atoms with van der Waals surface area (Å²) in [6.45, 7) is 11.1. The lowest BCUT2D eigenvalue weighted by atomic mass is 10.2. The van der Waals surface area contributed by atoms with Crippen molar-refractivity contribution in [3.05, 3.63) is 0 Å². The van der Waals surface area contributed by atoms with Crippen molar-refractivity contribution in [2.75, 3.05) is 14.1 Å². The second kappa shape index (κ2) is 4.54. The molecule has 5 heteroatoms. The number of hydrogen-bond acceptors (Lipinski definition) is 3. The molecule has 0 aliphatic rings. The molecule has 0 amide bonds. The molecule has 0 N–H and O–H groups in total. The molecule has 92 valence electrons. The van der Waals surface area contributed by atoms with Crippen molar-refractivity contribution in [3.8, 4) is 0 Å². The second-order valence-electron chi connectivity index (χ2n) is 5.72. The number of hydrogen-bond donors (Lipinski definition) is 0. The zero-order valence-electron chi connectivity index (χ0n) is 11.1. The molecule has 0 heterocycles. The van der Waals surface area contributed by atoms with Gasteiger partial charge in [0.05, 0.1) is 11.2 Å². The van der Waals surface area contributed by atoms with E-state index in [4.69, 9.17) is 9.05 Å². The van der Waals surface area contributed by atoms with E-state index in [-0.39, 0.29) is 0 Å². The molecule has 0 atom stereocenters. The fraction of sp³-hybridized carbons (Fsp3) is 1.00. The van der Waals surface area contributed by atoms with Gasteiger partial charge in [0.25, 0.3) is 0 Å². The molecule has 0 bridgehead atoms. The number of rotatable bonds is 3. The molecular formula is C10H24NO3P. The van der Waals surface area contributed by atoms with Crippen molar-refractivity contribution < 1.29 is 13.6 Å². The molecule has 0 fully saturated rings.